The molecule has 11 heavy (non-hydrogen) atoms. The molecule has 0 aliphatic carbocycles. The van der Waals surface area contributed by atoms with E-state index >= 15 is 0 Å². The van der Waals surface area contributed by atoms with Crippen molar-refractivity contribution >= 4 is 0 Å². The van der Waals surface area contributed by atoms with Crippen LogP contribution in [0, 0.1) is 5.92 Å². The van der Waals surface area contributed by atoms with Crippen LogP contribution in [0.1, 0.15) is 26.7 Å². The van der Waals surface area contributed by atoms with Gasteiger partial charge in [0.25, 0.3) is 0 Å². The predicted octanol–water partition coefficient (Wildman–Crippen LogP) is 2.54. The first kappa shape index (κ1) is 10.7. The summed E-state index contributed by atoms with van der Waals surface area (Å²) in [6.45, 7) is 5.56. The summed E-state index contributed by atoms with van der Waals surface area (Å²) in [5.41, 5.74) is 0. The molecule has 0 heterocycles. The molecule has 1 unspecified atom stereocenters. The Hall–Kier alpha value is -0.300. The van der Waals surface area contributed by atoms with Crippen molar-refractivity contribution in [2.24, 2.45) is 5.92 Å². The maximum Gasteiger partial charge on any atom is 0.000642 e. The Bertz CT molecular complexity index is 105. The van der Waals surface area contributed by atoms with E-state index in [1.807, 2.05) is 0 Å². The van der Waals surface area contributed by atoms with Crippen LogP contribution in [0.15, 0.2) is 12.2 Å². The molecule has 0 rings (SSSR count). The largest absolute Gasteiger partial charge is 0.309 e. The summed E-state index contributed by atoms with van der Waals surface area (Å²) < 4.78 is 0. The van der Waals surface area contributed by atoms with Gasteiger partial charge in [-0.2, -0.15) is 0 Å². The monoisotopic (exact) mass is 155 g/mol. The molecular weight excluding hydrogens is 134 g/mol. The molecule has 1 heteroatoms. The van der Waals surface area contributed by atoms with E-state index in [1.54, 1.807) is 0 Å². The van der Waals surface area contributed by atoms with Crippen molar-refractivity contribution in [3.8, 4) is 0 Å². The van der Waals surface area contributed by atoms with E-state index in [1.165, 1.54) is 19.4 Å². The number of nitrogens with zero attached hydrogens (tertiary/aromatic N) is 1. The van der Waals surface area contributed by atoms with Crippen LogP contribution in [-0.2, 0) is 0 Å². The Morgan fingerprint density at radius 3 is 2.36 bits per heavy atom. The van der Waals surface area contributed by atoms with E-state index in [-0.39, 0.29) is 0 Å². The normalized spacial score (nSPS) is 14.6. The van der Waals surface area contributed by atoms with Gasteiger partial charge in [0.1, 0.15) is 0 Å². The average molecular weight is 155 g/mol. The third kappa shape index (κ3) is 6.11. The van der Waals surface area contributed by atoms with Gasteiger partial charge < -0.3 is 4.90 Å². The maximum absolute atomic E-state index is 2.26. The molecule has 0 saturated carbocycles. The highest BCUT2D eigenvalue weighted by atomic mass is 15.1. The molecule has 0 radical (unpaired) electrons. The fourth-order valence-electron chi connectivity index (χ4n) is 1.22. The predicted molar refractivity (Wildman–Crippen MR) is 51.8 cm³/mol. The minimum atomic E-state index is 0.834. The highest BCUT2D eigenvalue weighted by Crippen LogP contribution is 2.09. The molecule has 0 amide bonds. The van der Waals surface area contributed by atoms with E-state index in [4.69, 9.17) is 0 Å². The van der Waals surface area contributed by atoms with E-state index in [9.17, 15) is 0 Å². The second-order valence-electron chi connectivity index (χ2n) is 3.34. The summed E-state index contributed by atoms with van der Waals surface area (Å²) in [6.07, 6.45) is 6.91. The number of allylic oxidation sites excluding steroid dienone is 2. The second kappa shape index (κ2) is 6.41. The Morgan fingerprint density at radius 2 is 2.00 bits per heavy atom. The van der Waals surface area contributed by atoms with Crippen LogP contribution >= 0.6 is 0 Å². The van der Waals surface area contributed by atoms with Gasteiger partial charge in [0.15, 0.2) is 0 Å². The lowest BCUT2D eigenvalue weighted by Gasteiger charge is -2.17. The van der Waals surface area contributed by atoms with Gasteiger partial charge in [0, 0.05) is 6.54 Å². The minimum absolute atomic E-state index is 0.834. The van der Waals surface area contributed by atoms with Gasteiger partial charge in [-0.15, -0.1) is 0 Å². The van der Waals surface area contributed by atoms with E-state index < -0.39 is 0 Å². The van der Waals surface area contributed by atoms with Crippen molar-refractivity contribution in [3.05, 3.63) is 12.2 Å². The quantitative estimate of drug-likeness (QED) is 0.551. The van der Waals surface area contributed by atoms with E-state index in [0.29, 0.717) is 0 Å². The smallest absolute Gasteiger partial charge is 0.000642 e. The van der Waals surface area contributed by atoms with Crippen LogP contribution < -0.4 is 0 Å². The van der Waals surface area contributed by atoms with Crippen LogP contribution in [0.4, 0.5) is 0 Å². The summed E-state index contributed by atoms with van der Waals surface area (Å²) in [5.74, 6) is 0.834. The zero-order chi connectivity index (χ0) is 8.69. The van der Waals surface area contributed by atoms with Gasteiger partial charge in [-0.3, -0.25) is 0 Å². The topological polar surface area (TPSA) is 3.24 Å². The highest BCUT2D eigenvalue weighted by Gasteiger charge is 2.04. The molecule has 0 aromatic carbocycles. The summed E-state index contributed by atoms with van der Waals surface area (Å²) >= 11 is 0. The van der Waals surface area contributed by atoms with E-state index in [0.717, 1.165) is 5.92 Å². The van der Waals surface area contributed by atoms with Crippen LogP contribution in [-0.4, -0.2) is 25.5 Å². The summed E-state index contributed by atoms with van der Waals surface area (Å²) in [6, 6.07) is 0. The molecule has 0 fully saturated rings. The average Bonchev–Trinajstić information content (AvgIpc) is 1.97. The van der Waals surface area contributed by atoms with Gasteiger partial charge in [0.2, 0.25) is 0 Å². The molecule has 0 N–H and O–H groups in total. The standard InChI is InChI=1S/C10H21N/c1-5-7-8-10(6-2)9-11(3)4/h5,7,10H,6,8-9H2,1-4H3. The van der Waals surface area contributed by atoms with Crippen molar-refractivity contribution < 1.29 is 0 Å². The van der Waals surface area contributed by atoms with Gasteiger partial charge in [-0.25, -0.2) is 0 Å². The summed E-state index contributed by atoms with van der Waals surface area (Å²) in [5, 5.41) is 0. The molecule has 0 aromatic rings. The van der Waals surface area contributed by atoms with Crippen molar-refractivity contribution in [1.29, 1.82) is 0 Å². The zero-order valence-electron chi connectivity index (χ0n) is 8.30. The van der Waals surface area contributed by atoms with Gasteiger partial charge >= 0.3 is 0 Å². The van der Waals surface area contributed by atoms with Gasteiger partial charge in [-0.1, -0.05) is 25.5 Å². The fraction of sp³-hybridized carbons (Fsp3) is 0.800. The lowest BCUT2D eigenvalue weighted by molar-refractivity contribution is 0.319. The Balaban J connectivity index is 3.57. The summed E-state index contributed by atoms with van der Waals surface area (Å²) in [7, 11) is 4.27. The Morgan fingerprint density at radius 1 is 1.36 bits per heavy atom. The molecule has 1 nitrogen and oxygen atoms in total. The highest BCUT2D eigenvalue weighted by molar-refractivity contribution is 4.80. The van der Waals surface area contributed by atoms with E-state index in [2.05, 4.69) is 45.0 Å². The first-order valence-corrected chi connectivity index (χ1v) is 4.46. The third-order valence-corrected chi connectivity index (χ3v) is 1.91. The second-order valence-corrected chi connectivity index (χ2v) is 3.34. The summed E-state index contributed by atoms with van der Waals surface area (Å²) in [4.78, 5) is 2.26. The molecule has 66 valence electrons. The maximum atomic E-state index is 2.26. The molecule has 0 saturated heterocycles. The molecule has 0 aliphatic heterocycles. The molecule has 0 bridgehead atoms. The van der Waals surface area contributed by atoms with Gasteiger partial charge in [-0.05, 0) is 33.4 Å². The number of hydrogen-bond donors (Lipinski definition) is 0. The molecular formula is C10H21N. The SMILES string of the molecule is CC=CCC(CC)CN(C)C. The molecule has 1 atom stereocenters. The van der Waals surface area contributed by atoms with Crippen LogP contribution in [0.2, 0.25) is 0 Å². The first-order chi connectivity index (χ1) is 5.20. The number of hydrogen-bond acceptors (Lipinski definition) is 1. The lowest BCUT2D eigenvalue weighted by Crippen LogP contribution is -2.20. The van der Waals surface area contributed by atoms with Crippen molar-refractivity contribution in [2.45, 2.75) is 26.7 Å². The van der Waals surface area contributed by atoms with Gasteiger partial charge in [0.05, 0.1) is 0 Å². The van der Waals surface area contributed by atoms with Crippen molar-refractivity contribution in [1.82, 2.24) is 4.90 Å². The zero-order valence-corrected chi connectivity index (χ0v) is 8.30. The molecule has 0 aliphatic rings. The van der Waals surface area contributed by atoms with Crippen LogP contribution in [0.25, 0.3) is 0 Å². The third-order valence-electron chi connectivity index (χ3n) is 1.91. The van der Waals surface area contributed by atoms with Crippen molar-refractivity contribution in [3.63, 3.8) is 0 Å². The molecule has 0 spiro atoms. The minimum Gasteiger partial charge on any atom is -0.309 e. The van der Waals surface area contributed by atoms with Crippen molar-refractivity contribution in [2.75, 3.05) is 20.6 Å². The lowest BCUT2D eigenvalue weighted by atomic mass is 10.0. The van der Waals surface area contributed by atoms with Crippen LogP contribution in [0.3, 0.4) is 0 Å². The molecule has 0 aromatic heterocycles. The fourth-order valence-corrected chi connectivity index (χ4v) is 1.22. The Kier molecular flexibility index (Phi) is 6.24. The van der Waals surface area contributed by atoms with Crippen LogP contribution in [0.5, 0.6) is 0 Å². The Labute approximate surface area is 71.1 Å². The first-order valence-electron chi connectivity index (χ1n) is 4.46. The number of rotatable bonds is 5.